The first kappa shape index (κ1) is 14.8. The highest BCUT2D eigenvalue weighted by atomic mass is 15.1. The van der Waals surface area contributed by atoms with E-state index in [4.69, 9.17) is 5.73 Å². The van der Waals surface area contributed by atoms with E-state index in [1.807, 2.05) is 38.1 Å². The summed E-state index contributed by atoms with van der Waals surface area (Å²) in [4.78, 5) is 4.40. The van der Waals surface area contributed by atoms with Crippen LogP contribution in [0.3, 0.4) is 0 Å². The monoisotopic (exact) mass is 223 g/mol. The van der Waals surface area contributed by atoms with Crippen LogP contribution in [0.4, 0.5) is 11.4 Å². The molecule has 92 valence electrons. The molecule has 0 heterocycles. The van der Waals surface area contributed by atoms with Crippen molar-refractivity contribution in [1.82, 2.24) is 4.90 Å². The summed E-state index contributed by atoms with van der Waals surface area (Å²) < 4.78 is 0. The number of likely N-dealkylation sites (N-methyl/N-ethyl adjacent to an activating group) is 2. The second-order valence-corrected chi connectivity index (χ2v) is 3.82. The van der Waals surface area contributed by atoms with E-state index >= 15 is 0 Å². The van der Waals surface area contributed by atoms with Gasteiger partial charge in [0.15, 0.2) is 0 Å². The predicted molar refractivity (Wildman–Crippen MR) is 74.0 cm³/mol. The van der Waals surface area contributed by atoms with Gasteiger partial charge in [-0.25, -0.2) is 0 Å². The first-order valence-corrected chi connectivity index (χ1v) is 5.81. The Bertz CT molecular complexity index is 267. The number of rotatable bonds is 4. The van der Waals surface area contributed by atoms with E-state index < -0.39 is 0 Å². The summed E-state index contributed by atoms with van der Waals surface area (Å²) in [5.74, 6) is 0. The third kappa shape index (κ3) is 5.61. The zero-order valence-corrected chi connectivity index (χ0v) is 11.2. The average Bonchev–Trinajstić information content (AvgIpc) is 2.29. The van der Waals surface area contributed by atoms with E-state index in [2.05, 4.69) is 30.9 Å². The lowest BCUT2D eigenvalue weighted by atomic mass is 10.2. The number of nitrogens with zero attached hydrogens (tertiary/aromatic N) is 2. The number of nitrogen functional groups attached to an aromatic ring is 1. The van der Waals surface area contributed by atoms with Gasteiger partial charge in [0.25, 0.3) is 0 Å². The summed E-state index contributed by atoms with van der Waals surface area (Å²) in [7, 11) is 6.25. The first-order valence-electron chi connectivity index (χ1n) is 5.81. The van der Waals surface area contributed by atoms with Crippen LogP contribution in [0.25, 0.3) is 0 Å². The van der Waals surface area contributed by atoms with Gasteiger partial charge >= 0.3 is 0 Å². The molecule has 1 aromatic carbocycles. The van der Waals surface area contributed by atoms with Gasteiger partial charge in [-0.1, -0.05) is 13.8 Å². The molecule has 1 rings (SSSR count). The number of anilines is 2. The predicted octanol–water partition coefficient (Wildman–Crippen LogP) is 2.29. The van der Waals surface area contributed by atoms with Gasteiger partial charge < -0.3 is 15.5 Å². The quantitative estimate of drug-likeness (QED) is 0.795. The van der Waals surface area contributed by atoms with Crippen molar-refractivity contribution in [2.45, 2.75) is 13.8 Å². The van der Waals surface area contributed by atoms with Gasteiger partial charge in [-0.2, -0.15) is 0 Å². The number of benzene rings is 1. The van der Waals surface area contributed by atoms with E-state index in [-0.39, 0.29) is 0 Å². The molecule has 3 heteroatoms. The van der Waals surface area contributed by atoms with Crippen LogP contribution < -0.4 is 10.6 Å². The Labute approximate surface area is 99.9 Å². The largest absolute Gasteiger partial charge is 0.399 e. The second kappa shape index (κ2) is 7.99. The Morgan fingerprint density at radius 2 is 1.44 bits per heavy atom. The molecular formula is C13H25N3. The van der Waals surface area contributed by atoms with Gasteiger partial charge in [0.05, 0.1) is 0 Å². The van der Waals surface area contributed by atoms with Crippen LogP contribution in [-0.2, 0) is 0 Å². The molecular weight excluding hydrogens is 198 g/mol. The van der Waals surface area contributed by atoms with Crippen LogP contribution in [0, 0.1) is 0 Å². The second-order valence-electron chi connectivity index (χ2n) is 3.82. The minimum absolute atomic E-state index is 0.815. The third-order valence-electron chi connectivity index (χ3n) is 2.22. The van der Waals surface area contributed by atoms with E-state index in [1.165, 1.54) is 5.69 Å². The average molecular weight is 223 g/mol. The molecule has 0 saturated heterocycles. The first-order chi connectivity index (χ1) is 7.59. The highest BCUT2D eigenvalue weighted by molar-refractivity contribution is 5.52. The molecule has 0 amide bonds. The third-order valence-corrected chi connectivity index (χ3v) is 2.22. The summed E-state index contributed by atoms with van der Waals surface area (Å²) in [5.41, 5.74) is 7.65. The van der Waals surface area contributed by atoms with Crippen LogP contribution in [0.2, 0.25) is 0 Å². The number of hydrogen-bond donors (Lipinski definition) is 1. The van der Waals surface area contributed by atoms with E-state index in [1.54, 1.807) is 0 Å². The molecule has 3 nitrogen and oxygen atoms in total. The van der Waals surface area contributed by atoms with Crippen molar-refractivity contribution in [2.75, 3.05) is 44.9 Å². The van der Waals surface area contributed by atoms with E-state index in [9.17, 15) is 0 Å². The van der Waals surface area contributed by atoms with E-state index in [0.717, 1.165) is 18.8 Å². The number of hydrogen-bond acceptors (Lipinski definition) is 3. The van der Waals surface area contributed by atoms with Gasteiger partial charge in [-0.3, -0.25) is 0 Å². The summed E-state index contributed by atoms with van der Waals surface area (Å²) in [6.07, 6.45) is 0. The highest BCUT2D eigenvalue weighted by Crippen LogP contribution is 2.14. The van der Waals surface area contributed by atoms with Crippen molar-refractivity contribution in [2.24, 2.45) is 0 Å². The Morgan fingerprint density at radius 3 is 1.88 bits per heavy atom. The zero-order valence-electron chi connectivity index (χ0n) is 11.2. The van der Waals surface area contributed by atoms with Crippen LogP contribution in [0.15, 0.2) is 24.3 Å². The minimum atomic E-state index is 0.815. The van der Waals surface area contributed by atoms with E-state index in [0.29, 0.717) is 0 Å². The fourth-order valence-corrected chi connectivity index (χ4v) is 1.21. The molecule has 0 fully saturated rings. The Balaban J connectivity index is 0.00000106. The standard InChI is InChI=1S/C11H19N3.C2H6/c1-13(2)8-9-14(3)11-6-4-10(12)5-7-11;1-2/h4-7H,8-9,12H2,1-3H3;1-2H3. The molecule has 0 aliphatic carbocycles. The van der Waals surface area contributed by atoms with Gasteiger partial charge in [0.1, 0.15) is 0 Å². The maximum absolute atomic E-state index is 5.62. The lowest BCUT2D eigenvalue weighted by molar-refractivity contribution is 0.416. The van der Waals surface area contributed by atoms with Crippen molar-refractivity contribution in [1.29, 1.82) is 0 Å². The van der Waals surface area contributed by atoms with Crippen molar-refractivity contribution in [3.05, 3.63) is 24.3 Å². The van der Waals surface area contributed by atoms with Gasteiger partial charge in [0, 0.05) is 31.5 Å². The molecule has 1 aromatic rings. The van der Waals surface area contributed by atoms with Crippen molar-refractivity contribution in [3.8, 4) is 0 Å². The summed E-state index contributed by atoms with van der Waals surface area (Å²) in [6.45, 7) is 6.08. The lowest BCUT2D eigenvalue weighted by Crippen LogP contribution is -2.28. The highest BCUT2D eigenvalue weighted by Gasteiger charge is 2.00. The fraction of sp³-hybridized carbons (Fsp3) is 0.538. The Morgan fingerprint density at radius 1 is 0.938 bits per heavy atom. The molecule has 0 bridgehead atoms. The minimum Gasteiger partial charge on any atom is -0.399 e. The lowest BCUT2D eigenvalue weighted by Gasteiger charge is -2.21. The maximum atomic E-state index is 5.62. The fourth-order valence-electron chi connectivity index (χ4n) is 1.21. The number of nitrogens with two attached hydrogens (primary N) is 1. The molecule has 2 N–H and O–H groups in total. The Kier molecular flexibility index (Phi) is 7.38. The molecule has 0 saturated carbocycles. The molecule has 0 aliphatic rings. The van der Waals surface area contributed by atoms with Gasteiger partial charge in [-0.05, 0) is 38.4 Å². The van der Waals surface area contributed by atoms with Crippen molar-refractivity contribution in [3.63, 3.8) is 0 Å². The maximum Gasteiger partial charge on any atom is 0.0365 e. The van der Waals surface area contributed by atoms with Crippen LogP contribution >= 0.6 is 0 Å². The SMILES string of the molecule is CC.CN(C)CCN(C)c1ccc(N)cc1. The molecule has 0 radical (unpaired) electrons. The van der Waals surface area contributed by atoms with Crippen molar-refractivity contribution < 1.29 is 0 Å². The summed E-state index contributed by atoms with van der Waals surface area (Å²) >= 11 is 0. The molecule has 0 aliphatic heterocycles. The smallest absolute Gasteiger partial charge is 0.0365 e. The summed E-state index contributed by atoms with van der Waals surface area (Å²) in [6, 6.07) is 7.96. The molecule has 0 atom stereocenters. The zero-order chi connectivity index (χ0) is 12.6. The van der Waals surface area contributed by atoms with Gasteiger partial charge in [0.2, 0.25) is 0 Å². The molecule has 0 aromatic heterocycles. The van der Waals surface area contributed by atoms with Crippen LogP contribution in [0.5, 0.6) is 0 Å². The summed E-state index contributed by atoms with van der Waals surface area (Å²) in [5, 5.41) is 0. The van der Waals surface area contributed by atoms with Gasteiger partial charge in [-0.15, -0.1) is 0 Å². The normalized spacial score (nSPS) is 9.62. The topological polar surface area (TPSA) is 32.5 Å². The molecule has 0 spiro atoms. The molecule has 16 heavy (non-hydrogen) atoms. The molecule has 0 unspecified atom stereocenters. The Hall–Kier alpha value is -1.22. The van der Waals surface area contributed by atoms with Crippen molar-refractivity contribution >= 4 is 11.4 Å². The van der Waals surface area contributed by atoms with Crippen LogP contribution in [0.1, 0.15) is 13.8 Å². The van der Waals surface area contributed by atoms with Crippen LogP contribution in [-0.4, -0.2) is 39.1 Å².